The molecule has 1 aliphatic heterocycles. The van der Waals surface area contributed by atoms with E-state index in [1.54, 1.807) is 72.8 Å². The Bertz CT molecular complexity index is 1880. The van der Waals surface area contributed by atoms with E-state index in [-0.39, 0.29) is 18.8 Å². The van der Waals surface area contributed by atoms with Crippen LogP contribution in [-0.4, -0.2) is 56.2 Å². The SMILES string of the molecule is [2H]c1c([2H])n([C@@H]2O[C@H](COP(=O)(NC(Cc3ccccc3)C(=O)OCc3ccccc3)Oc3ccccc3)[C@@H](O)[C@@]2(C)O)c(=O)[nH]c1=O. The predicted molar refractivity (Wildman–Crippen MR) is 166 cm³/mol. The quantitative estimate of drug-likeness (QED) is 0.123. The van der Waals surface area contributed by atoms with E-state index in [9.17, 15) is 29.2 Å². The number of benzene rings is 3. The van der Waals surface area contributed by atoms with Crippen molar-refractivity contribution in [3.8, 4) is 5.75 Å². The maximum atomic E-state index is 14.4. The monoisotopic (exact) mass is 653 g/mol. The van der Waals surface area contributed by atoms with Crippen LogP contribution in [0.25, 0.3) is 0 Å². The summed E-state index contributed by atoms with van der Waals surface area (Å²) < 4.78 is 53.6. The van der Waals surface area contributed by atoms with Crippen molar-refractivity contribution in [3.05, 3.63) is 135 Å². The normalized spacial score (nSPS) is 23.5. The van der Waals surface area contributed by atoms with E-state index in [1.807, 2.05) is 11.1 Å². The van der Waals surface area contributed by atoms with Crippen molar-refractivity contribution in [1.29, 1.82) is 0 Å². The smallest absolute Gasteiger partial charge is 0.459 e. The number of aromatic amines is 1. The first-order valence-corrected chi connectivity index (χ1v) is 15.8. The largest absolute Gasteiger partial charge is 0.460 e. The molecule has 0 spiro atoms. The third-order valence-corrected chi connectivity index (χ3v) is 8.77. The molecule has 1 aromatic heterocycles. The highest BCUT2D eigenvalue weighted by molar-refractivity contribution is 7.52. The molecule has 0 saturated carbocycles. The van der Waals surface area contributed by atoms with Gasteiger partial charge in [-0.05, 0) is 36.6 Å². The lowest BCUT2D eigenvalue weighted by molar-refractivity contribution is -0.147. The second-order valence-electron chi connectivity index (χ2n) is 10.7. The molecule has 0 amide bonds. The van der Waals surface area contributed by atoms with Crippen molar-refractivity contribution >= 4 is 13.7 Å². The lowest BCUT2D eigenvalue weighted by Gasteiger charge is -2.27. The average molecular weight is 654 g/mol. The number of para-hydroxylation sites is 1. The molecule has 0 radical (unpaired) electrons. The summed E-state index contributed by atoms with van der Waals surface area (Å²) in [5.41, 5.74) is -3.08. The number of ether oxygens (including phenoxy) is 2. The van der Waals surface area contributed by atoms with Crippen molar-refractivity contribution in [2.45, 2.75) is 50.0 Å². The lowest BCUT2D eigenvalue weighted by Crippen LogP contribution is -2.47. The number of H-pyrrole nitrogens is 1. The van der Waals surface area contributed by atoms with Gasteiger partial charge in [-0.25, -0.2) is 9.36 Å². The first-order valence-electron chi connectivity index (χ1n) is 15.3. The minimum atomic E-state index is -4.54. The van der Waals surface area contributed by atoms with Crippen molar-refractivity contribution in [2.24, 2.45) is 0 Å². The summed E-state index contributed by atoms with van der Waals surface area (Å²) in [7, 11) is -4.54. The molecule has 0 bridgehead atoms. The van der Waals surface area contributed by atoms with E-state index in [0.717, 1.165) is 12.5 Å². The maximum absolute atomic E-state index is 14.4. The fourth-order valence-corrected chi connectivity index (χ4v) is 6.30. The van der Waals surface area contributed by atoms with E-state index < -0.39 is 73.9 Å². The van der Waals surface area contributed by atoms with Crippen LogP contribution in [0.2, 0.25) is 0 Å². The van der Waals surface area contributed by atoms with Gasteiger partial charge in [0.15, 0.2) is 6.23 Å². The van der Waals surface area contributed by atoms with Crippen LogP contribution in [-0.2, 0) is 36.4 Å². The summed E-state index contributed by atoms with van der Waals surface area (Å²) in [5, 5.41) is 24.8. The molecule has 242 valence electrons. The summed E-state index contributed by atoms with van der Waals surface area (Å²) in [6, 6.07) is 23.7. The molecule has 2 heterocycles. The van der Waals surface area contributed by atoms with Crippen LogP contribution in [0.3, 0.4) is 0 Å². The van der Waals surface area contributed by atoms with Gasteiger partial charge in [0.2, 0.25) is 0 Å². The van der Waals surface area contributed by atoms with Crippen LogP contribution >= 0.6 is 7.75 Å². The fraction of sp³-hybridized carbons (Fsp3) is 0.281. The molecule has 4 aromatic rings. The van der Waals surface area contributed by atoms with Crippen LogP contribution in [0.5, 0.6) is 5.75 Å². The number of hydrogen-bond donors (Lipinski definition) is 4. The van der Waals surface area contributed by atoms with E-state index in [4.69, 9.17) is 21.3 Å². The van der Waals surface area contributed by atoms with E-state index in [0.29, 0.717) is 10.1 Å². The molecule has 0 aliphatic carbocycles. The lowest BCUT2D eigenvalue weighted by atomic mass is 9.96. The Morgan fingerprint density at radius 2 is 1.67 bits per heavy atom. The zero-order valence-electron chi connectivity index (χ0n) is 26.6. The molecule has 5 rings (SSSR count). The number of aliphatic hydroxyl groups excluding tert-OH is 1. The maximum Gasteiger partial charge on any atom is 0.459 e. The number of aliphatic hydroxyl groups is 2. The van der Waals surface area contributed by atoms with Crippen molar-refractivity contribution in [2.75, 3.05) is 6.61 Å². The van der Waals surface area contributed by atoms with E-state index in [1.165, 1.54) is 12.1 Å². The van der Waals surface area contributed by atoms with Gasteiger partial charge < -0.3 is 24.2 Å². The number of hydrogen-bond acceptors (Lipinski definition) is 10. The van der Waals surface area contributed by atoms with Gasteiger partial charge in [0.05, 0.1) is 9.35 Å². The van der Waals surface area contributed by atoms with Gasteiger partial charge in [-0.1, -0.05) is 78.9 Å². The summed E-state index contributed by atoms with van der Waals surface area (Å²) >= 11 is 0. The third kappa shape index (κ3) is 8.07. The highest BCUT2D eigenvalue weighted by Gasteiger charge is 2.54. The molecule has 13 nitrogen and oxygen atoms in total. The van der Waals surface area contributed by atoms with Crippen molar-refractivity contribution < 1.29 is 40.8 Å². The van der Waals surface area contributed by atoms with Gasteiger partial charge in [0, 0.05) is 12.2 Å². The summed E-state index contributed by atoms with van der Waals surface area (Å²) in [4.78, 5) is 39.7. The van der Waals surface area contributed by atoms with Gasteiger partial charge in [0.25, 0.3) is 5.56 Å². The number of nitrogens with zero attached hydrogens (tertiary/aromatic N) is 1. The first kappa shape index (κ1) is 30.3. The topological polar surface area (TPSA) is 178 Å². The first-order chi connectivity index (χ1) is 22.9. The number of esters is 1. The minimum Gasteiger partial charge on any atom is -0.460 e. The Morgan fingerprint density at radius 3 is 2.33 bits per heavy atom. The minimum absolute atomic E-state index is 0.0240. The second-order valence-corrected chi connectivity index (χ2v) is 12.4. The third-order valence-electron chi connectivity index (χ3n) is 7.20. The molecular formula is C32H34N3O10P. The molecule has 4 N–H and O–H groups in total. The molecule has 2 unspecified atom stereocenters. The molecule has 1 fully saturated rings. The Hall–Kier alpha value is -4.36. The van der Waals surface area contributed by atoms with Gasteiger partial charge >= 0.3 is 19.4 Å². The number of nitrogens with one attached hydrogen (secondary N) is 2. The summed E-state index contributed by atoms with van der Waals surface area (Å²) in [6.45, 7) is 0.360. The van der Waals surface area contributed by atoms with Crippen LogP contribution in [0.4, 0.5) is 0 Å². The van der Waals surface area contributed by atoms with Crippen LogP contribution in [0.15, 0.2) is 113 Å². The average Bonchev–Trinajstić information content (AvgIpc) is 3.30. The van der Waals surface area contributed by atoms with E-state index >= 15 is 0 Å². The van der Waals surface area contributed by atoms with Crippen molar-refractivity contribution in [1.82, 2.24) is 14.6 Å². The second kappa shape index (κ2) is 14.4. The van der Waals surface area contributed by atoms with Crippen LogP contribution in [0, 0.1) is 0 Å². The summed E-state index contributed by atoms with van der Waals surface area (Å²) in [6.07, 6.45) is -5.83. The highest BCUT2D eigenvalue weighted by Crippen LogP contribution is 2.47. The number of rotatable bonds is 13. The van der Waals surface area contributed by atoms with Gasteiger partial charge in [-0.3, -0.25) is 23.7 Å². The highest BCUT2D eigenvalue weighted by atomic mass is 31.2. The predicted octanol–water partition coefficient (Wildman–Crippen LogP) is 2.69. The Kier molecular flexibility index (Phi) is 9.47. The number of carbonyl (C=O) groups is 1. The van der Waals surface area contributed by atoms with Gasteiger partial charge in [0.1, 0.15) is 36.2 Å². The Labute approximate surface area is 266 Å². The molecule has 1 aliphatic rings. The number of aromatic nitrogens is 2. The molecule has 14 heteroatoms. The standard InChI is InChI=1S/C32H34N3O10P/c1-32(40)28(37)26(44-30(32)35-18-17-27(36)33-31(35)39)21-43-46(41,45-24-15-9-4-10-16-24)34-25(19-22-11-5-2-6-12-22)29(38)42-20-23-13-7-3-8-14-23/h2-18,25-26,28,30,37,40H,19-21H2,1H3,(H,34,41)(H,33,36,39)/t25?,26-,28-,30-,32-,46?/m1/s1/i17D,18D. The van der Waals surface area contributed by atoms with Crippen LogP contribution < -0.4 is 20.9 Å². The Morgan fingerprint density at radius 1 is 1.07 bits per heavy atom. The van der Waals surface area contributed by atoms with Crippen molar-refractivity contribution in [3.63, 3.8) is 0 Å². The zero-order chi connectivity index (χ0) is 34.5. The van der Waals surface area contributed by atoms with Gasteiger partial charge in [-0.15, -0.1) is 0 Å². The molecule has 1 saturated heterocycles. The zero-order valence-corrected chi connectivity index (χ0v) is 25.5. The van der Waals surface area contributed by atoms with Crippen LogP contribution in [0.1, 0.15) is 27.0 Å². The molecule has 3 aromatic carbocycles. The number of carbonyl (C=O) groups excluding carboxylic acids is 1. The molecular weight excluding hydrogens is 617 g/mol. The van der Waals surface area contributed by atoms with Gasteiger partial charge in [-0.2, -0.15) is 5.09 Å². The molecule has 6 atom stereocenters. The fourth-order valence-electron chi connectivity index (χ4n) is 4.80. The molecule has 46 heavy (non-hydrogen) atoms. The van der Waals surface area contributed by atoms with E-state index in [2.05, 4.69) is 5.09 Å². The Balaban J connectivity index is 1.41. The summed E-state index contributed by atoms with van der Waals surface area (Å²) in [5.74, 6) is -0.640.